The van der Waals surface area contributed by atoms with Gasteiger partial charge in [-0.2, -0.15) is 0 Å². The number of nitrogens with one attached hydrogen (secondary N) is 1. The van der Waals surface area contributed by atoms with Crippen LogP contribution in [0, 0.1) is 0 Å². The predicted molar refractivity (Wildman–Crippen MR) is 62.0 cm³/mol. The summed E-state index contributed by atoms with van der Waals surface area (Å²) in [6.45, 7) is 6.95. The van der Waals surface area contributed by atoms with Crippen LogP contribution in [-0.2, 0) is 6.42 Å². The van der Waals surface area contributed by atoms with Crippen molar-refractivity contribution < 1.29 is 0 Å². The number of allylic oxidation sites excluding steroid dienone is 1. The van der Waals surface area contributed by atoms with E-state index in [1.54, 1.807) is 0 Å². The number of rotatable bonds is 2. The summed E-state index contributed by atoms with van der Waals surface area (Å²) in [6.07, 6.45) is 1.65. The van der Waals surface area contributed by atoms with Crippen LogP contribution in [0.25, 0.3) is 0 Å². The zero-order valence-electron chi connectivity index (χ0n) is 8.84. The number of aromatic amines is 1. The highest BCUT2D eigenvalue weighted by Crippen LogP contribution is 2.31. The summed E-state index contributed by atoms with van der Waals surface area (Å²) in [5.74, 6) is 0.412. The fourth-order valence-electron chi connectivity index (χ4n) is 1.98. The summed E-state index contributed by atoms with van der Waals surface area (Å²) < 4.78 is 0. The number of nitrogens with two attached hydrogens (primary N) is 1. The number of hydrogen-bond donors (Lipinski definition) is 2. The smallest absolute Gasteiger partial charge is 0.255 e. The molecule has 0 radical (unpaired) electrons. The summed E-state index contributed by atoms with van der Waals surface area (Å²) in [4.78, 5) is 16.3. The van der Waals surface area contributed by atoms with Crippen LogP contribution in [0.1, 0.15) is 18.9 Å². The van der Waals surface area contributed by atoms with Crippen LogP contribution in [0.15, 0.2) is 23.1 Å². The summed E-state index contributed by atoms with van der Waals surface area (Å²) in [5.41, 5.74) is 8.21. The first kappa shape index (κ1) is 9.83. The lowest BCUT2D eigenvalue weighted by atomic mass is 10.2. The van der Waals surface area contributed by atoms with Gasteiger partial charge in [-0.1, -0.05) is 13.5 Å². The standard InChI is InChI=1S/C11H15N3O/c1-3-4-14-7(2)5-8-9(14)6-10(12)13-11(8)15/h6H,2-5H2,1H3,(H3,12,13,15). The summed E-state index contributed by atoms with van der Waals surface area (Å²) in [7, 11) is 0. The zero-order valence-corrected chi connectivity index (χ0v) is 8.84. The summed E-state index contributed by atoms with van der Waals surface area (Å²) >= 11 is 0. The van der Waals surface area contributed by atoms with Crippen molar-refractivity contribution >= 4 is 11.5 Å². The molecule has 1 aromatic rings. The molecule has 1 aromatic heterocycles. The highest BCUT2D eigenvalue weighted by molar-refractivity contribution is 5.66. The van der Waals surface area contributed by atoms with Crippen molar-refractivity contribution in [1.82, 2.24) is 4.98 Å². The molecule has 15 heavy (non-hydrogen) atoms. The Morgan fingerprint density at radius 1 is 1.67 bits per heavy atom. The second-order valence-corrected chi connectivity index (χ2v) is 3.81. The second-order valence-electron chi connectivity index (χ2n) is 3.81. The number of aromatic nitrogens is 1. The fourth-order valence-corrected chi connectivity index (χ4v) is 1.98. The lowest BCUT2D eigenvalue weighted by molar-refractivity contribution is 0.859. The molecular formula is C11H15N3O. The highest BCUT2D eigenvalue weighted by atomic mass is 16.1. The number of anilines is 2. The Labute approximate surface area is 88.4 Å². The van der Waals surface area contributed by atoms with Crippen LogP contribution < -0.4 is 16.2 Å². The molecule has 3 N–H and O–H groups in total. The first-order chi connectivity index (χ1) is 7.13. The Balaban J connectivity index is 2.53. The average molecular weight is 205 g/mol. The Bertz CT molecular complexity index is 461. The molecule has 0 amide bonds. The fraction of sp³-hybridized carbons (Fsp3) is 0.364. The van der Waals surface area contributed by atoms with Gasteiger partial charge < -0.3 is 15.6 Å². The monoisotopic (exact) mass is 205 g/mol. The van der Waals surface area contributed by atoms with E-state index < -0.39 is 0 Å². The lowest BCUT2D eigenvalue weighted by Crippen LogP contribution is -2.19. The molecule has 80 valence electrons. The van der Waals surface area contributed by atoms with Gasteiger partial charge >= 0.3 is 0 Å². The van der Waals surface area contributed by atoms with Crippen molar-refractivity contribution in [3.8, 4) is 0 Å². The van der Waals surface area contributed by atoms with Crippen LogP contribution in [-0.4, -0.2) is 11.5 Å². The molecule has 0 spiro atoms. The molecule has 0 fully saturated rings. The number of fused-ring (bicyclic) bond motifs is 1. The first-order valence-electron chi connectivity index (χ1n) is 5.10. The molecule has 0 unspecified atom stereocenters. The lowest BCUT2D eigenvalue weighted by Gasteiger charge is -2.19. The van der Waals surface area contributed by atoms with Gasteiger partial charge in [-0.15, -0.1) is 0 Å². The van der Waals surface area contributed by atoms with E-state index in [9.17, 15) is 4.79 Å². The van der Waals surface area contributed by atoms with Crippen molar-refractivity contribution in [2.45, 2.75) is 19.8 Å². The average Bonchev–Trinajstić information content (AvgIpc) is 2.46. The third kappa shape index (κ3) is 1.52. The topological polar surface area (TPSA) is 62.1 Å². The molecular weight excluding hydrogens is 190 g/mol. The van der Waals surface area contributed by atoms with Crippen molar-refractivity contribution in [1.29, 1.82) is 0 Å². The van der Waals surface area contributed by atoms with Crippen LogP contribution in [0.3, 0.4) is 0 Å². The van der Waals surface area contributed by atoms with Gasteiger partial charge in [0.05, 0.1) is 5.69 Å². The van der Waals surface area contributed by atoms with Crippen molar-refractivity contribution in [3.05, 3.63) is 34.3 Å². The van der Waals surface area contributed by atoms with Gasteiger partial charge in [0, 0.05) is 30.3 Å². The maximum atomic E-state index is 11.6. The van der Waals surface area contributed by atoms with Gasteiger partial charge in [0.25, 0.3) is 5.56 Å². The van der Waals surface area contributed by atoms with Crippen LogP contribution >= 0.6 is 0 Å². The third-order valence-electron chi connectivity index (χ3n) is 2.63. The molecule has 1 aliphatic heterocycles. The van der Waals surface area contributed by atoms with Crippen LogP contribution in [0.2, 0.25) is 0 Å². The Hall–Kier alpha value is -1.71. The van der Waals surface area contributed by atoms with E-state index in [0.717, 1.165) is 29.9 Å². The van der Waals surface area contributed by atoms with E-state index in [1.807, 2.05) is 6.07 Å². The van der Waals surface area contributed by atoms with E-state index in [2.05, 4.69) is 23.4 Å². The highest BCUT2D eigenvalue weighted by Gasteiger charge is 2.24. The minimum absolute atomic E-state index is 0.0928. The summed E-state index contributed by atoms with van der Waals surface area (Å²) in [6, 6.07) is 1.81. The van der Waals surface area contributed by atoms with Gasteiger partial charge in [0.2, 0.25) is 0 Å². The molecule has 0 bridgehead atoms. The van der Waals surface area contributed by atoms with Gasteiger partial charge in [-0.3, -0.25) is 4.79 Å². The van der Waals surface area contributed by atoms with Crippen molar-refractivity contribution in [3.63, 3.8) is 0 Å². The number of H-pyrrole nitrogens is 1. The molecule has 2 rings (SSSR count). The Morgan fingerprint density at radius 2 is 2.40 bits per heavy atom. The molecule has 0 saturated heterocycles. The molecule has 4 heteroatoms. The molecule has 0 aliphatic carbocycles. The number of nitrogens with zero attached hydrogens (tertiary/aromatic N) is 1. The van der Waals surface area contributed by atoms with Gasteiger partial charge in [-0.05, 0) is 6.42 Å². The predicted octanol–water partition coefficient (Wildman–Crippen LogP) is 1.24. The maximum Gasteiger partial charge on any atom is 0.255 e. The van der Waals surface area contributed by atoms with Gasteiger partial charge in [0.15, 0.2) is 0 Å². The van der Waals surface area contributed by atoms with E-state index in [0.29, 0.717) is 12.2 Å². The molecule has 1 aliphatic rings. The number of hydrogen-bond acceptors (Lipinski definition) is 3. The SMILES string of the molecule is C=C1Cc2c(cc(N)[nH]c2=O)N1CCC. The zero-order chi connectivity index (χ0) is 11.0. The van der Waals surface area contributed by atoms with E-state index >= 15 is 0 Å². The van der Waals surface area contributed by atoms with Gasteiger partial charge in [0.1, 0.15) is 5.82 Å². The number of pyridine rings is 1. The van der Waals surface area contributed by atoms with Crippen molar-refractivity contribution in [2.75, 3.05) is 17.2 Å². The van der Waals surface area contributed by atoms with Crippen molar-refractivity contribution in [2.24, 2.45) is 0 Å². The number of nitrogen functional groups attached to an aromatic ring is 1. The van der Waals surface area contributed by atoms with E-state index in [1.165, 1.54) is 0 Å². The van der Waals surface area contributed by atoms with E-state index in [-0.39, 0.29) is 5.56 Å². The maximum absolute atomic E-state index is 11.6. The van der Waals surface area contributed by atoms with E-state index in [4.69, 9.17) is 5.73 Å². The first-order valence-corrected chi connectivity index (χ1v) is 5.10. The Morgan fingerprint density at radius 3 is 3.07 bits per heavy atom. The minimum Gasteiger partial charge on any atom is -0.385 e. The largest absolute Gasteiger partial charge is 0.385 e. The van der Waals surface area contributed by atoms with Crippen LogP contribution in [0.5, 0.6) is 0 Å². The molecule has 2 heterocycles. The molecule has 0 aromatic carbocycles. The molecule has 4 nitrogen and oxygen atoms in total. The third-order valence-corrected chi connectivity index (χ3v) is 2.63. The van der Waals surface area contributed by atoms with Crippen LogP contribution in [0.4, 0.5) is 11.5 Å². The summed E-state index contributed by atoms with van der Waals surface area (Å²) in [5, 5.41) is 0. The molecule has 0 atom stereocenters. The Kier molecular flexibility index (Phi) is 2.26. The minimum atomic E-state index is -0.0928. The van der Waals surface area contributed by atoms with Gasteiger partial charge in [-0.25, -0.2) is 0 Å². The second kappa shape index (κ2) is 3.46. The molecule has 0 saturated carbocycles. The normalized spacial score (nSPS) is 14.5. The quantitative estimate of drug-likeness (QED) is 0.763.